The van der Waals surface area contributed by atoms with Crippen LogP contribution in [0.1, 0.15) is 11.1 Å². The Morgan fingerprint density at radius 2 is 1.64 bits per heavy atom. The molecule has 0 fully saturated rings. The predicted molar refractivity (Wildman–Crippen MR) is 93.5 cm³/mol. The SMILES string of the molecule is O=c1[nH]c2ccccc2c(=O)n1Cc1ccccc1Cn1cncn1. The minimum absolute atomic E-state index is 0.198. The van der Waals surface area contributed by atoms with E-state index in [1.165, 1.54) is 10.9 Å². The van der Waals surface area contributed by atoms with E-state index in [4.69, 9.17) is 0 Å². The molecule has 0 bridgehead atoms. The van der Waals surface area contributed by atoms with Gasteiger partial charge in [0.05, 0.1) is 24.0 Å². The second kappa shape index (κ2) is 6.20. The van der Waals surface area contributed by atoms with E-state index in [1.807, 2.05) is 24.3 Å². The Hall–Kier alpha value is -3.48. The molecule has 0 amide bonds. The number of aromatic amines is 1. The second-order valence-electron chi connectivity index (χ2n) is 5.73. The van der Waals surface area contributed by atoms with Crippen LogP contribution in [-0.2, 0) is 13.1 Å². The summed E-state index contributed by atoms with van der Waals surface area (Å²) in [6, 6.07) is 14.7. The van der Waals surface area contributed by atoms with Crippen LogP contribution in [-0.4, -0.2) is 24.3 Å². The van der Waals surface area contributed by atoms with Gasteiger partial charge in [-0.3, -0.25) is 9.36 Å². The average Bonchev–Trinajstić information content (AvgIpc) is 3.13. The summed E-state index contributed by atoms with van der Waals surface area (Å²) in [5.74, 6) is 0. The van der Waals surface area contributed by atoms with Crippen LogP contribution in [0.3, 0.4) is 0 Å². The lowest BCUT2D eigenvalue weighted by Gasteiger charge is -2.11. The second-order valence-corrected chi connectivity index (χ2v) is 5.73. The van der Waals surface area contributed by atoms with Crippen LogP contribution < -0.4 is 11.2 Å². The molecule has 2 heterocycles. The van der Waals surface area contributed by atoms with Gasteiger partial charge in [0.15, 0.2) is 0 Å². The van der Waals surface area contributed by atoms with E-state index in [2.05, 4.69) is 15.1 Å². The van der Waals surface area contributed by atoms with Crippen LogP contribution in [0.2, 0.25) is 0 Å². The molecule has 0 spiro atoms. The van der Waals surface area contributed by atoms with Gasteiger partial charge < -0.3 is 4.98 Å². The van der Waals surface area contributed by atoms with Gasteiger partial charge in [0.1, 0.15) is 12.7 Å². The quantitative estimate of drug-likeness (QED) is 0.611. The van der Waals surface area contributed by atoms with Gasteiger partial charge in [-0.05, 0) is 23.3 Å². The van der Waals surface area contributed by atoms with Gasteiger partial charge in [-0.25, -0.2) is 14.5 Å². The zero-order chi connectivity index (χ0) is 17.2. The first-order chi connectivity index (χ1) is 12.2. The fourth-order valence-electron chi connectivity index (χ4n) is 2.87. The van der Waals surface area contributed by atoms with Gasteiger partial charge in [0, 0.05) is 0 Å². The standard InChI is InChI=1S/C18H15N5O2/c24-17-15-7-3-4-8-16(15)21-18(25)23(17)10-14-6-2-1-5-13(14)9-22-12-19-11-20-22/h1-8,11-12H,9-10H2,(H,21,25). The highest BCUT2D eigenvalue weighted by Gasteiger charge is 2.10. The molecule has 2 aromatic carbocycles. The predicted octanol–water partition coefficient (Wildman–Crippen LogP) is 1.38. The molecule has 124 valence electrons. The van der Waals surface area contributed by atoms with Crippen LogP contribution >= 0.6 is 0 Å². The minimum Gasteiger partial charge on any atom is -0.307 e. The summed E-state index contributed by atoms with van der Waals surface area (Å²) >= 11 is 0. The lowest BCUT2D eigenvalue weighted by Crippen LogP contribution is -2.35. The van der Waals surface area contributed by atoms with Crippen molar-refractivity contribution in [2.45, 2.75) is 13.1 Å². The Balaban J connectivity index is 1.78. The van der Waals surface area contributed by atoms with Gasteiger partial charge >= 0.3 is 5.69 Å². The van der Waals surface area contributed by atoms with Crippen molar-refractivity contribution < 1.29 is 0 Å². The van der Waals surface area contributed by atoms with Crippen molar-refractivity contribution in [3.8, 4) is 0 Å². The van der Waals surface area contributed by atoms with Gasteiger partial charge in [0.25, 0.3) is 5.56 Å². The maximum atomic E-state index is 12.7. The third-order valence-corrected chi connectivity index (χ3v) is 4.14. The van der Waals surface area contributed by atoms with Crippen molar-refractivity contribution >= 4 is 10.9 Å². The number of fused-ring (bicyclic) bond motifs is 1. The topological polar surface area (TPSA) is 85.6 Å². The molecule has 7 nitrogen and oxygen atoms in total. The first-order valence-corrected chi connectivity index (χ1v) is 7.83. The Labute approximate surface area is 142 Å². The molecule has 0 aliphatic heterocycles. The minimum atomic E-state index is -0.417. The summed E-state index contributed by atoms with van der Waals surface area (Å²) in [5, 5.41) is 4.60. The van der Waals surface area contributed by atoms with E-state index in [0.29, 0.717) is 17.4 Å². The molecule has 2 aromatic heterocycles. The van der Waals surface area contributed by atoms with E-state index < -0.39 is 5.69 Å². The molecular weight excluding hydrogens is 318 g/mol. The van der Waals surface area contributed by atoms with Crippen molar-refractivity contribution in [1.29, 1.82) is 0 Å². The molecule has 0 aliphatic rings. The van der Waals surface area contributed by atoms with Crippen molar-refractivity contribution in [1.82, 2.24) is 24.3 Å². The van der Waals surface area contributed by atoms with Crippen LogP contribution in [0.4, 0.5) is 0 Å². The number of aromatic nitrogens is 5. The van der Waals surface area contributed by atoms with Gasteiger partial charge in [-0.1, -0.05) is 36.4 Å². The smallest absolute Gasteiger partial charge is 0.307 e. The van der Waals surface area contributed by atoms with Crippen LogP contribution in [0.5, 0.6) is 0 Å². The highest BCUT2D eigenvalue weighted by atomic mass is 16.2. The number of hydrogen-bond donors (Lipinski definition) is 1. The maximum absolute atomic E-state index is 12.7. The molecule has 0 saturated heterocycles. The summed E-state index contributed by atoms with van der Waals surface area (Å²) in [6.07, 6.45) is 3.10. The fraction of sp³-hybridized carbons (Fsp3) is 0.111. The molecule has 4 aromatic rings. The Morgan fingerprint density at radius 3 is 2.40 bits per heavy atom. The third-order valence-electron chi connectivity index (χ3n) is 4.14. The summed E-state index contributed by atoms with van der Waals surface area (Å²) in [6.45, 7) is 0.723. The van der Waals surface area contributed by atoms with Crippen molar-refractivity contribution in [3.63, 3.8) is 0 Å². The van der Waals surface area contributed by atoms with Crippen LogP contribution in [0.15, 0.2) is 70.8 Å². The van der Waals surface area contributed by atoms with Gasteiger partial charge in [-0.2, -0.15) is 5.10 Å². The molecule has 0 unspecified atom stereocenters. The number of benzene rings is 2. The van der Waals surface area contributed by atoms with E-state index in [1.54, 1.807) is 35.3 Å². The molecule has 0 radical (unpaired) electrons. The molecule has 7 heteroatoms. The lowest BCUT2D eigenvalue weighted by molar-refractivity contribution is 0.660. The lowest BCUT2D eigenvalue weighted by atomic mass is 10.1. The van der Waals surface area contributed by atoms with Crippen molar-refractivity contribution in [2.75, 3.05) is 0 Å². The third kappa shape index (κ3) is 2.87. The molecule has 0 atom stereocenters. The van der Waals surface area contributed by atoms with Crippen molar-refractivity contribution in [3.05, 3.63) is 93.2 Å². The largest absolute Gasteiger partial charge is 0.329 e. The van der Waals surface area contributed by atoms with Crippen molar-refractivity contribution in [2.24, 2.45) is 0 Å². The fourth-order valence-corrected chi connectivity index (χ4v) is 2.87. The number of nitrogens with zero attached hydrogens (tertiary/aromatic N) is 4. The van der Waals surface area contributed by atoms with E-state index in [-0.39, 0.29) is 12.1 Å². The summed E-state index contributed by atoms with van der Waals surface area (Å²) in [4.78, 5) is 31.8. The first-order valence-electron chi connectivity index (χ1n) is 7.83. The number of para-hydroxylation sites is 1. The Morgan fingerprint density at radius 1 is 0.920 bits per heavy atom. The van der Waals surface area contributed by atoms with E-state index >= 15 is 0 Å². The van der Waals surface area contributed by atoms with Crippen LogP contribution in [0.25, 0.3) is 10.9 Å². The molecule has 0 saturated carbocycles. The normalized spacial score (nSPS) is 11.0. The number of rotatable bonds is 4. The summed E-state index contributed by atoms with van der Waals surface area (Å²) in [7, 11) is 0. The number of nitrogens with one attached hydrogen (secondary N) is 1. The van der Waals surface area contributed by atoms with Gasteiger partial charge in [-0.15, -0.1) is 0 Å². The zero-order valence-corrected chi connectivity index (χ0v) is 13.3. The maximum Gasteiger partial charge on any atom is 0.329 e. The van der Waals surface area contributed by atoms with Gasteiger partial charge in [0.2, 0.25) is 0 Å². The Bertz CT molecular complexity index is 1140. The average molecular weight is 333 g/mol. The monoisotopic (exact) mass is 333 g/mol. The number of H-pyrrole nitrogens is 1. The first kappa shape index (κ1) is 15.1. The summed E-state index contributed by atoms with van der Waals surface area (Å²) in [5.41, 5.74) is 1.70. The van der Waals surface area contributed by atoms with E-state index in [0.717, 1.165) is 11.1 Å². The Kier molecular flexibility index (Phi) is 3.74. The molecule has 1 N–H and O–H groups in total. The molecule has 4 rings (SSSR count). The van der Waals surface area contributed by atoms with E-state index in [9.17, 15) is 9.59 Å². The highest BCUT2D eigenvalue weighted by Crippen LogP contribution is 2.11. The highest BCUT2D eigenvalue weighted by molar-refractivity contribution is 5.76. The zero-order valence-electron chi connectivity index (χ0n) is 13.3. The molecule has 25 heavy (non-hydrogen) atoms. The molecule has 0 aliphatic carbocycles. The summed E-state index contributed by atoms with van der Waals surface area (Å²) < 4.78 is 2.93. The molecular formula is C18H15N5O2. The number of hydrogen-bond acceptors (Lipinski definition) is 4. The van der Waals surface area contributed by atoms with Crippen LogP contribution in [0, 0.1) is 0 Å².